The number of aliphatic hydroxyl groups excluding tert-OH is 7. The van der Waals surface area contributed by atoms with Gasteiger partial charge in [0.1, 0.15) is 58.7 Å². The molecule has 2 fully saturated rings. The van der Waals surface area contributed by atoms with Crippen molar-refractivity contribution in [2.24, 2.45) is 5.92 Å². The van der Waals surface area contributed by atoms with Gasteiger partial charge >= 0.3 is 0 Å². The Balaban J connectivity index is 1.42. The second kappa shape index (κ2) is 12.2. The van der Waals surface area contributed by atoms with E-state index in [0.717, 1.165) is 18.2 Å². The molecule has 43 heavy (non-hydrogen) atoms. The summed E-state index contributed by atoms with van der Waals surface area (Å²) >= 11 is 0. The monoisotopic (exact) mass is 610 g/mol. The van der Waals surface area contributed by atoms with Crippen molar-refractivity contribution in [2.75, 3.05) is 13.2 Å². The molecule has 234 valence electrons. The lowest BCUT2D eigenvalue weighted by Crippen LogP contribution is -2.61. The van der Waals surface area contributed by atoms with E-state index in [0.29, 0.717) is 0 Å². The van der Waals surface area contributed by atoms with Gasteiger partial charge in [0.05, 0.1) is 25.2 Å². The summed E-state index contributed by atoms with van der Waals surface area (Å²) in [6.07, 6.45) is -15.1. The van der Waals surface area contributed by atoms with Gasteiger partial charge in [0, 0.05) is 23.8 Å². The maximum Gasteiger partial charge on any atom is 0.210 e. The molecule has 0 bridgehead atoms. The van der Waals surface area contributed by atoms with Gasteiger partial charge in [0.15, 0.2) is 29.5 Å². The highest BCUT2D eigenvalue weighted by Crippen LogP contribution is 2.36. The molecule has 3 heterocycles. The maximum absolute atomic E-state index is 12.8. The van der Waals surface area contributed by atoms with E-state index in [1.54, 1.807) is 0 Å². The van der Waals surface area contributed by atoms with E-state index in [4.69, 9.17) is 23.4 Å². The van der Waals surface area contributed by atoms with Gasteiger partial charge < -0.3 is 74.4 Å². The van der Waals surface area contributed by atoms with Crippen LogP contribution in [0.4, 0.5) is 0 Å². The summed E-state index contributed by atoms with van der Waals surface area (Å²) in [6.45, 7) is -1.30. The smallest absolute Gasteiger partial charge is 0.210 e. The summed E-state index contributed by atoms with van der Waals surface area (Å²) in [5, 5.41) is 100. The van der Waals surface area contributed by atoms with Crippen LogP contribution in [0.1, 0.15) is 0 Å². The molecule has 0 radical (unpaired) electrons. The number of phenols is 3. The van der Waals surface area contributed by atoms with Gasteiger partial charge in [0.2, 0.25) is 6.29 Å². The third-order valence-corrected chi connectivity index (χ3v) is 7.30. The quantitative estimate of drug-likeness (QED) is 0.127. The number of aliphatic hydroxyl groups is 7. The van der Waals surface area contributed by atoms with Gasteiger partial charge in [-0.15, -0.1) is 0 Å². The Kier molecular flexibility index (Phi) is 8.77. The molecule has 0 unspecified atom stereocenters. The Bertz CT molecular complexity index is 1510. The third-order valence-electron chi connectivity index (χ3n) is 7.30. The summed E-state index contributed by atoms with van der Waals surface area (Å²) < 4.78 is 27.6. The molecule has 16 heteroatoms. The Morgan fingerprint density at radius 3 is 2.19 bits per heavy atom. The lowest BCUT2D eigenvalue weighted by Gasteiger charge is -2.43. The van der Waals surface area contributed by atoms with Crippen molar-refractivity contribution >= 4 is 11.0 Å². The van der Waals surface area contributed by atoms with E-state index in [-0.39, 0.29) is 28.0 Å². The molecule has 2 aliphatic rings. The van der Waals surface area contributed by atoms with E-state index in [2.05, 4.69) is 0 Å². The first kappa shape index (κ1) is 30.9. The van der Waals surface area contributed by atoms with E-state index in [1.165, 1.54) is 18.2 Å². The van der Waals surface area contributed by atoms with E-state index in [1.807, 2.05) is 0 Å². The maximum atomic E-state index is 12.8. The summed E-state index contributed by atoms with van der Waals surface area (Å²) in [4.78, 5) is 12.8. The van der Waals surface area contributed by atoms with E-state index in [9.17, 15) is 55.9 Å². The highest BCUT2D eigenvalue weighted by molar-refractivity contribution is 5.86. The third kappa shape index (κ3) is 5.98. The molecule has 0 spiro atoms. The first-order valence-electron chi connectivity index (χ1n) is 13.0. The van der Waals surface area contributed by atoms with Crippen molar-refractivity contribution in [3.63, 3.8) is 0 Å². The lowest BCUT2D eigenvalue weighted by atomic mass is 9.94. The molecule has 10 atom stereocenters. The molecule has 2 saturated heterocycles. The summed E-state index contributed by atoms with van der Waals surface area (Å²) in [5.74, 6) is -2.94. The zero-order valence-corrected chi connectivity index (χ0v) is 22.1. The Labute approximate surface area is 241 Å². The van der Waals surface area contributed by atoms with Crippen molar-refractivity contribution in [3.05, 3.63) is 46.6 Å². The standard InChI is InChI=1S/C27H30O16/c28-7-18-21(34)22(35)24(37)27(42-18)39-8-11-20(33)23(36)25(38)43-26(11)40-10-4-14(31)19-15(32)6-16(41-17(19)5-10)9-1-2-12(29)13(30)3-9/h1-6,11,18,20-31,33-38H,7-8H2/t11-,18+,20-,21+,22-,23+,24+,25+,26-,27-/m1/s1. The van der Waals surface area contributed by atoms with Crippen molar-refractivity contribution in [1.29, 1.82) is 0 Å². The average Bonchev–Trinajstić information content (AvgIpc) is 2.96. The molecule has 0 saturated carbocycles. The second-order valence-corrected chi connectivity index (χ2v) is 10.2. The van der Waals surface area contributed by atoms with Crippen LogP contribution in [0.3, 0.4) is 0 Å². The first-order chi connectivity index (χ1) is 20.4. The minimum Gasteiger partial charge on any atom is -0.507 e. The van der Waals surface area contributed by atoms with Crippen LogP contribution in [-0.4, -0.2) is 120 Å². The van der Waals surface area contributed by atoms with Crippen LogP contribution in [0.5, 0.6) is 23.0 Å². The molecule has 0 amide bonds. The first-order valence-corrected chi connectivity index (χ1v) is 13.0. The van der Waals surface area contributed by atoms with Crippen LogP contribution < -0.4 is 10.2 Å². The summed E-state index contributed by atoms with van der Waals surface area (Å²) in [7, 11) is 0. The highest BCUT2D eigenvalue weighted by atomic mass is 16.7. The Morgan fingerprint density at radius 2 is 1.49 bits per heavy atom. The van der Waals surface area contributed by atoms with E-state index >= 15 is 0 Å². The zero-order valence-electron chi connectivity index (χ0n) is 22.1. The molecule has 1 aromatic heterocycles. The van der Waals surface area contributed by atoms with Crippen LogP contribution in [0.2, 0.25) is 0 Å². The molecule has 10 N–H and O–H groups in total. The number of ether oxygens (including phenoxy) is 4. The molecular formula is C27H30O16. The van der Waals surface area contributed by atoms with Gasteiger partial charge in [0.25, 0.3) is 0 Å². The Hall–Kier alpha value is -3.55. The molecule has 2 aliphatic heterocycles. The highest BCUT2D eigenvalue weighted by Gasteiger charge is 2.48. The topological polar surface area (TPSA) is 269 Å². The van der Waals surface area contributed by atoms with Crippen LogP contribution in [0.25, 0.3) is 22.3 Å². The molecule has 2 aromatic carbocycles. The van der Waals surface area contributed by atoms with Crippen molar-refractivity contribution in [3.8, 4) is 34.3 Å². The number of aromatic hydroxyl groups is 3. The van der Waals surface area contributed by atoms with Gasteiger partial charge in [-0.2, -0.15) is 0 Å². The van der Waals surface area contributed by atoms with Crippen molar-refractivity contribution in [1.82, 2.24) is 0 Å². The number of phenolic OH excluding ortho intramolecular Hbond substituents is 3. The molecule has 0 aliphatic carbocycles. The fraction of sp³-hybridized carbons (Fsp3) is 0.444. The van der Waals surface area contributed by atoms with Crippen LogP contribution >= 0.6 is 0 Å². The van der Waals surface area contributed by atoms with Crippen molar-refractivity contribution in [2.45, 2.75) is 55.5 Å². The van der Waals surface area contributed by atoms with Gasteiger partial charge in [-0.1, -0.05) is 0 Å². The SMILES string of the molecule is O=c1cc(-c2ccc(O)c(O)c2)oc2cc(O[C@@H]3O[C@H](O)[C@@H](O)[C@H](O)[C@H]3CO[C@@H]3O[C@@H](CO)[C@H](O)[C@@H](O)[C@@H]3O)cc(O)c12. The second-order valence-electron chi connectivity index (χ2n) is 10.2. The summed E-state index contributed by atoms with van der Waals surface area (Å²) in [5.41, 5.74) is -0.598. The van der Waals surface area contributed by atoms with Gasteiger partial charge in [-0.3, -0.25) is 4.79 Å². The van der Waals surface area contributed by atoms with Crippen LogP contribution in [0.15, 0.2) is 45.6 Å². The average molecular weight is 611 g/mol. The Morgan fingerprint density at radius 1 is 0.744 bits per heavy atom. The van der Waals surface area contributed by atoms with Crippen LogP contribution in [-0.2, 0) is 14.2 Å². The normalized spacial score (nSPS) is 33.0. The number of benzene rings is 2. The predicted octanol–water partition coefficient (Wildman–Crippen LogP) is -2.22. The summed E-state index contributed by atoms with van der Waals surface area (Å²) in [6, 6.07) is 7.02. The van der Waals surface area contributed by atoms with Gasteiger partial charge in [-0.05, 0) is 18.2 Å². The lowest BCUT2D eigenvalue weighted by molar-refractivity contribution is -0.335. The largest absolute Gasteiger partial charge is 0.507 e. The van der Waals surface area contributed by atoms with Gasteiger partial charge in [-0.25, -0.2) is 0 Å². The zero-order chi connectivity index (χ0) is 31.2. The minimum atomic E-state index is -1.93. The number of hydrogen-bond donors (Lipinski definition) is 10. The molecule has 3 aromatic rings. The number of fused-ring (bicyclic) bond motifs is 1. The number of rotatable bonds is 7. The number of hydrogen-bond acceptors (Lipinski definition) is 16. The van der Waals surface area contributed by atoms with Crippen LogP contribution in [0, 0.1) is 5.92 Å². The molecule has 5 rings (SSSR count). The fourth-order valence-corrected chi connectivity index (χ4v) is 4.87. The minimum absolute atomic E-state index is 0.0296. The molecule has 16 nitrogen and oxygen atoms in total. The predicted molar refractivity (Wildman–Crippen MR) is 140 cm³/mol. The molecular weight excluding hydrogens is 580 g/mol. The van der Waals surface area contributed by atoms with E-state index < -0.39 is 97.3 Å². The fourth-order valence-electron chi connectivity index (χ4n) is 4.87. The van der Waals surface area contributed by atoms with Crippen molar-refractivity contribution < 1.29 is 74.4 Å².